The average Bonchev–Trinajstić information content (AvgIpc) is 3.01. The third-order valence-corrected chi connectivity index (χ3v) is 9.33. The molecule has 0 N–H and O–H groups in total. The number of esters is 1. The summed E-state index contributed by atoms with van der Waals surface area (Å²) in [6.07, 6.45) is 6.92. The van der Waals surface area contributed by atoms with E-state index in [-0.39, 0.29) is 29.0 Å². The first-order valence-electron chi connectivity index (χ1n) is 12.2. The molecule has 0 aromatic carbocycles. The predicted octanol–water partition coefficient (Wildman–Crippen LogP) is 3.58. The van der Waals surface area contributed by atoms with Crippen LogP contribution in [0.25, 0.3) is 0 Å². The first kappa shape index (κ1) is 19.8. The van der Waals surface area contributed by atoms with Gasteiger partial charge in [-0.3, -0.25) is 9.59 Å². The zero-order chi connectivity index (χ0) is 21.3. The molecule has 2 aliphatic carbocycles. The number of nitrogens with zero attached hydrogens (tertiary/aromatic N) is 2. The van der Waals surface area contributed by atoms with E-state index in [1.165, 1.54) is 24.1 Å². The van der Waals surface area contributed by atoms with E-state index in [2.05, 4.69) is 24.5 Å². The van der Waals surface area contributed by atoms with Gasteiger partial charge >= 0.3 is 5.97 Å². The highest BCUT2D eigenvalue weighted by Gasteiger charge is 2.55. The largest absolute Gasteiger partial charge is 0.462 e. The predicted molar refractivity (Wildman–Crippen MR) is 119 cm³/mol. The normalized spacial score (nSPS) is 41.8. The van der Waals surface area contributed by atoms with Gasteiger partial charge in [0, 0.05) is 49.8 Å². The summed E-state index contributed by atoms with van der Waals surface area (Å²) < 4.78 is 7.97. The number of allylic oxidation sites excluding steroid dienone is 1. The number of likely N-dealkylation sites (tertiary alicyclic amines) is 1. The Morgan fingerprint density at radius 2 is 2.06 bits per heavy atom. The van der Waals surface area contributed by atoms with Crippen molar-refractivity contribution in [3.05, 3.63) is 46.4 Å². The third-order valence-electron chi connectivity index (χ3n) is 9.33. The van der Waals surface area contributed by atoms with E-state index in [1.807, 2.05) is 10.6 Å². The van der Waals surface area contributed by atoms with Crippen LogP contribution in [0.15, 0.2) is 35.1 Å². The summed E-state index contributed by atoms with van der Waals surface area (Å²) in [6, 6.07) is 5.68. The molecule has 2 saturated heterocycles. The fourth-order valence-corrected chi connectivity index (χ4v) is 7.89. The maximum Gasteiger partial charge on any atom is 0.310 e. The van der Waals surface area contributed by atoms with Crippen LogP contribution in [0, 0.1) is 29.1 Å². The number of pyridine rings is 1. The van der Waals surface area contributed by atoms with E-state index >= 15 is 0 Å². The van der Waals surface area contributed by atoms with E-state index < -0.39 is 0 Å². The second kappa shape index (κ2) is 7.06. The van der Waals surface area contributed by atoms with Gasteiger partial charge in [-0.05, 0) is 61.8 Å². The minimum Gasteiger partial charge on any atom is -0.462 e. The molecule has 3 aliphatic heterocycles. The Balaban J connectivity index is 1.20. The van der Waals surface area contributed by atoms with Crippen LogP contribution in [0.3, 0.4) is 0 Å². The lowest BCUT2D eigenvalue weighted by Gasteiger charge is -2.50. The van der Waals surface area contributed by atoms with Crippen molar-refractivity contribution in [1.82, 2.24) is 9.47 Å². The molecular formula is C26H34N2O3. The fraction of sp³-hybridized carbons (Fsp3) is 0.692. The highest BCUT2D eigenvalue weighted by atomic mass is 16.6. The Morgan fingerprint density at radius 1 is 1.19 bits per heavy atom. The molecule has 31 heavy (non-hydrogen) atoms. The Kier molecular flexibility index (Phi) is 4.51. The molecule has 0 spiro atoms. The number of aromatic nitrogens is 1. The zero-order valence-electron chi connectivity index (χ0n) is 18.6. The molecule has 1 aromatic rings. The molecule has 4 heterocycles. The highest BCUT2D eigenvalue weighted by molar-refractivity contribution is 5.75. The maximum absolute atomic E-state index is 13.0. The quantitative estimate of drug-likeness (QED) is 0.540. The molecule has 6 rings (SSSR count). The topological polar surface area (TPSA) is 51.5 Å². The van der Waals surface area contributed by atoms with Crippen LogP contribution in [0.1, 0.15) is 57.1 Å². The van der Waals surface area contributed by atoms with Gasteiger partial charge < -0.3 is 14.2 Å². The van der Waals surface area contributed by atoms with Crippen LogP contribution in [0.4, 0.5) is 0 Å². The van der Waals surface area contributed by atoms with Crippen LogP contribution in [0.5, 0.6) is 0 Å². The SMILES string of the molecule is C=C1CCC[C@]2(C)C[C@H]3OC(=O)[C@H](CN4C[C@@H]5C[C@@H](C4)c4cccc(=O)n4C5)[C@@H]3C[C@@H]12. The minimum atomic E-state index is -0.0129. The Hall–Kier alpha value is -1.88. The first-order chi connectivity index (χ1) is 14.9. The van der Waals surface area contributed by atoms with Crippen molar-refractivity contribution in [3.63, 3.8) is 0 Å². The maximum atomic E-state index is 13.0. The molecule has 0 amide bonds. The molecule has 0 radical (unpaired) electrons. The second-order valence-electron chi connectivity index (χ2n) is 11.3. The van der Waals surface area contributed by atoms with Gasteiger partial charge in [-0.25, -0.2) is 0 Å². The number of carbonyl (C=O) groups is 1. The molecular weight excluding hydrogens is 388 g/mol. The summed E-state index contributed by atoms with van der Waals surface area (Å²) in [5, 5.41) is 0. The Bertz CT molecular complexity index is 983. The Labute approximate surface area is 184 Å². The molecule has 166 valence electrons. The van der Waals surface area contributed by atoms with E-state index in [4.69, 9.17) is 4.74 Å². The monoisotopic (exact) mass is 422 g/mol. The van der Waals surface area contributed by atoms with Crippen molar-refractivity contribution in [3.8, 4) is 0 Å². The number of ether oxygens (including phenoxy) is 1. The fourth-order valence-electron chi connectivity index (χ4n) is 7.89. The number of hydrogen-bond acceptors (Lipinski definition) is 4. The number of piperidine rings is 1. The van der Waals surface area contributed by atoms with Crippen LogP contribution >= 0.6 is 0 Å². The van der Waals surface area contributed by atoms with Gasteiger partial charge in [0.15, 0.2) is 0 Å². The number of rotatable bonds is 2. The average molecular weight is 423 g/mol. The van der Waals surface area contributed by atoms with E-state index in [0.29, 0.717) is 23.7 Å². The van der Waals surface area contributed by atoms with Crippen molar-refractivity contribution in [2.24, 2.45) is 29.1 Å². The van der Waals surface area contributed by atoms with Gasteiger partial charge in [-0.1, -0.05) is 25.1 Å². The molecule has 5 nitrogen and oxygen atoms in total. The van der Waals surface area contributed by atoms with Crippen molar-refractivity contribution in [1.29, 1.82) is 0 Å². The standard InChI is InChI=1S/C26H34N2O3/c1-16-5-4-8-26(2)11-23-19(10-21(16)26)20(25(30)31-23)15-27-12-17-9-18(14-27)22-6-3-7-24(29)28(22)13-17/h3,6-7,17-21,23H,1,4-5,8-15H2,2H3/t17-,18-,19-,20+,21-,23+,26+/m0/s1. The van der Waals surface area contributed by atoms with Gasteiger partial charge in [-0.15, -0.1) is 0 Å². The lowest BCUT2D eigenvalue weighted by atomic mass is 9.55. The molecule has 2 saturated carbocycles. The molecule has 5 heteroatoms. The summed E-state index contributed by atoms with van der Waals surface area (Å²) in [7, 11) is 0. The number of fused-ring (bicyclic) bond motifs is 6. The van der Waals surface area contributed by atoms with Crippen molar-refractivity contribution < 1.29 is 9.53 Å². The first-order valence-corrected chi connectivity index (χ1v) is 12.2. The lowest BCUT2D eigenvalue weighted by molar-refractivity contribution is -0.146. The highest BCUT2D eigenvalue weighted by Crippen LogP contribution is 2.57. The Morgan fingerprint density at radius 3 is 2.94 bits per heavy atom. The van der Waals surface area contributed by atoms with Gasteiger partial charge in [0.1, 0.15) is 6.10 Å². The summed E-state index contributed by atoms with van der Waals surface area (Å²) in [4.78, 5) is 27.8. The molecule has 7 atom stereocenters. The smallest absolute Gasteiger partial charge is 0.310 e. The number of hydrogen-bond donors (Lipinski definition) is 0. The van der Waals surface area contributed by atoms with Crippen LogP contribution in [-0.4, -0.2) is 41.2 Å². The molecule has 2 bridgehead atoms. The summed E-state index contributed by atoms with van der Waals surface area (Å²) >= 11 is 0. The minimum absolute atomic E-state index is 0.0129. The molecule has 5 aliphatic rings. The summed E-state index contributed by atoms with van der Waals surface area (Å²) in [6.45, 7) is 10.3. The van der Waals surface area contributed by atoms with Crippen molar-refractivity contribution in [2.75, 3.05) is 19.6 Å². The zero-order valence-corrected chi connectivity index (χ0v) is 18.6. The van der Waals surface area contributed by atoms with Crippen LogP contribution in [0.2, 0.25) is 0 Å². The van der Waals surface area contributed by atoms with Crippen molar-refractivity contribution in [2.45, 2.75) is 64.0 Å². The van der Waals surface area contributed by atoms with E-state index in [1.54, 1.807) is 6.07 Å². The molecule has 0 unspecified atom stereocenters. The van der Waals surface area contributed by atoms with Gasteiger partial charge in [0.2, 0.25) is 0 Å². The summed E-state index contributed by atoms with van der Waals surface area (Å²) in [5.41, 5.74) is 2.96. The molecule has 1 aromatic heterocycles. The van der Waals surface area contributed by atoms with Gasteiger partial charge in [0.25, 0.3) is 5.56 Å². The van der Waals surface area contributed by atoms with E-state index in [0.717, 1.165) is 51.9 Å². The van der Waals surface area contributed by atoms with Crippen LogP contribution in [-0.2, 0) is 16.1 Å². The van der Waals surface area contributed by atoms with Gasteiger partial charge in [-0.2, -0.15) is 0 Å². The third kappa shape index (κ3) is 3.14. The van der Waals surface area contributed by atoms with Crippen LogP contribution < -0.4 is 5.56 Å². The molecule has 4 fully saturated rings. The lowest BCUT2D eigenvalue weighted by Crippen LogP contribution is -2.50. The van der Waals surface area contributed by atoms with Gasteiger partial charge in [0.05, 0.1) is 5.92 Å². The van der Waals surface area contributed by atoms with E-state index in [9.17, 15) is 9.59 Å². The number of carbonyl (C=O) groups excluding carboxylic acids is 1. The summed E-state index contributed by atoms with van der Waals surface area (Å²) in [5.74, 6) is 1.77. The van der Waals surface area contributed by atoms with Crippen molar-refractivity contribution >= 4 is 5.97 Å². The second-order valence-corrected chi connectivity index (χ2v) is 11.3.